The molecular weight excluding hydrogens is 204 g/mol. The molecule has 2 rings (SSSR count). The van der Waals surface area contributed by atoms with E-state index in [0.717, 1.165) is 13.0 Å². The summed E-state index contributed by atoms with van der Waals surface area (Å²) in [6.45, 7) is 5.05. The van der Waals surface area contributed by atoms with Gasteiger partial charge in [-0.15, -0.1) is 0 Å². The maximum atomic E-state index is 11.7. The van der Waals surface area contributed by atoms with Gasteiger partial charge >= 0.3 is 0 Å². The van der Waals surface area contributed by atoms with Crippen LogP contribution in [0.3, 0.4) is 0 Å². The highest BCUT2D eigenvalue weighted by Gasteiger charge is 2.22. The van der Waals surface area contributed by atoms with Gasteiger partial charge in [-0.3, -0.25) is 9.78 Å². The smallest absolute Gasteiger partial charge is 0.261 e. The highest BCUT2D eigenvalue weighted by Crippen LogP contribution is 2.24. The lowest BCUT2D eigenvalue weighted by Crippen LogP contribution is -2.37. The molecule has 0 spiro atoms. The van der Waals surface area contributed by atoms with Gasteiger partial charge in [0.1, 0.15) is 5.82 Å². The first-order valence-corrected chi connectivity index (χ1v) is 5.48. The van der Waals surface area contributed by atoms with Crippen molar-refractivity contribution in [3.05, 3.63) is 22.0 Å². The van der Waals surface area contributed by atoms with Crippen molar-refractivity contribution < 1.29 is 0 Å². The second-order valence-corrected chi connectivity index (χ2v) is 3.98. The minimum Gasteiger partial charge on any atom is -0.369 e. The van der Waals surface area contributed by atoms with Gasteiger partial charge in [0, 0.05) is 12.6 Å². The molecule has 3 N–H and O–H groups in total. The highest BCUT2D eigenvalue weighted by atomic mass is 16.1. The molecule has 2 heterocycles. The normalized spacial score (nSPS) is 18.6. The van der Waals surface area contributed by atoms with Crippen LogP contribution in [-0.2, 0) is 0 Å². The van der Waals surface area contributed by atoms with Crippen molar-refractivity contribution in [1.29, 1.82) is 0 Å². The van der Waals surface area contributed by atoms with Crippen LogP contribution in [0, 0.1) is 0 Å². The first-order chi connectivity index (χ1) is 7.63. The van der Waals surface area contributed by atoms with E-state index in [0.29, 0.717) is 11.4 Å². The third kappa shape index (κ3) is 1.68. The van der Waals surface area contributed by atoms with Crippen LogP contribution in [-0.4, -0.2) is 22.6 Å². The lowest BCUT2D eigenvalue weighted by molar-refractivity contribution is 0.697. The number of nitrogen functional groups attached to an aromatic ring is 1. The van der Waals surface area contributed by atoms with Crippen molar-refractivity contribution in [1.82, 2.24) is 9.97 Å². The summed E-state index contributed by atoms with van der Waals surface area (Å²) in [6.07, 6.45) is 4.83. The Morgan fingerprint density at radius 2 is 2.38 bits per heavy atom. The van der Waals surface area contributed by atoms with Gasteiger partial charge < -0.3 is 10.6 Å². The van der Waals surface area contributed by atoms with Crippen LogP contribution in [0.15, 0.2) is 10.9 Å². The Bertz CT molecular complexity index is 477. The Labute approximate surface area is 94.0 Å². The number of rotatable bonds is 2. The van der Waals surface area contributed by atoms with E-state index >= 15 is 0 Å². The minimum absolute atomic E-state index is 0.173. The van der Waals surface area contributed by atoms with Crippen LogP contribution in [0.4, 0.5) is 11.8 Å². The predicted molar refractivity (Wildman–Crippen MR) is 65.4 cm³/mol. The van der Waals surface area contributed by atoms with Crippen molar-refractivity contribution in [3.8, 4) is 0 Å². The maximum Gasteiger partial charge on any atom is 0.261 e. The molecule has 0 saturated carbocycles. The number of aromatic amines is 1. The summed E-state index contributed by atoms with van der Waals surface area (Å²) in [6, 6.07) is 0.251. The molecule has 86 valence electrons. The molecule has 1 unspecified atom stereocenters. The van der Waals surface area contributed by atoms with E-state index in [9.17, 15) is 4.79 Å². The van der Waals surface area contributed by atoms with Crippen molar-refractivity contribution in [2.75, 3.05) is 17.2 Å². The molecule has 1 aliphatic heterocycles. The van der Waals surface area contributed by atoms with E-state index in [4.69, 9.17) is 5.73 Å². The molecular formula is C11H16N4O. The Morgan fingerprint density at radius 3 is 3.06 bits per heavy atom. The molecule has 5 nitrogen and oxygen atoms in total. The zero-order valence-electron chi connectivity index (χ0n) is 9.53. The van der Waals surface area contributed by atoms with Crippen LogP contribution in [0.5, 0.6) is 0 Å². The standard InChI is InChI=1S/C11H16N4O/c1-3-6-15-7(2)4-5-8-9(15)13-11(12)14-10(8)16/h4-5,7H,3,6H2,1-2H3,(H3,12,13,14,16). The number of H-pyrrole nitrogens is 1. The van der Waals surface area contributed by atoms with Gasteiger partial charge in [0.05, 0.1) is 5.56 Å². The number of hydrogen-bond donors (Lipinski definition) is 2. The first-order valence-electron chi connectivity index (χ1n) is 5.48. The molecule has 16 heavy (non-hydrogen) atoms. The number of fused-ring (bicyclic) bond motifs is 1. The van der Waals surface area contributed by atoms with Crippen LogP contribution in [0.25, 0.3) is 6.08 Å². The van der Waals surface area contributed by atoms with Crippen molar-refractivity contribution >= 4 is 17.8 Å². The lowest BCUT2D eigenvalue weighted by atomic mass is 10.1. The van der Waals surface area contributed by atoms with Crippen LogP contribution < -0.4 is 16.2 Å². The summed E-state index contributed by atoms with van der Waals surface area (Å²) < 4.78 is 0. The van der Waals surface area contributed by atoms with Crippen LogP contribution in [0.1, 0.15) is 25.8 Å². The van der Waals surface area contributed by atoms with Gasteiger partial charge in [0.15, 0.2) is 0 Å². The number of aromatic nitrogens is 2. The third-order valence-corrected chi connectivity index (χ3v) is 2.72. The molecule has 0 aliphatic carbocycles. The Morgan fingerprint density at radius 1 is 1.62 bits per heavy atom. The Hall–Kier alpha value is -1.78. The fourth-order valence-corrected chi connectivity index (χ4v) is 1.94. The van der Waals surface area contributed by atoms with E-state index in [1.165, 1.54) is 0 Å². The predicted octanol–water partition coefficient (Wildman–Crippen LogP) is 0.984. The second-order valence-electron chi connectivity index (χ2n) is 3.98. The number of nitrogens with zero attached hydrogens (tertiary/aromatic N) is 2. The average Bonchev–Trinajstić information content (AvgIpc) is 2.22. The molecule has 0 aromatic carbocycles. The second kappa shape index (κ2) is 4.00. The van der Waals surface area contributed by atoms with Gasteiger partial charge in [-0.1, -0.05) is 13.0 Å². The molecule has 1 aliphatic rings. The molecule has 0 saturated heterocycles. The highest BCUT2D eigenvalue weighted by molar-refractivity contribution is 5.68. The topological polar surface area (TPSA) is 75.0 Å². The molecule has 0 bridgehead atoms. The van der Waals surface area contributed by atoms with E-state index in [1.807, 2.05) is 12.2 Å². The Balaban J connectivity index is 2.55. The summed E-state index contributed by atoms with van der Waals surface area (Å²) in [7, 11) is 0. The zero-order chi connectivity index (χ0) is 11.7. The summed E-state index contributed by atoms with van der Waals surface area (Å²) >= 11 is 0. The van der Waals surface area contributed by atoms with Crippen LogP contribution >= 0.6 is 0 Å². The molecule has 0 amide bonds. The average molecular weight is 220 g/mol. The quantitative estimate of drug-likeness (QED) is 0.779. The molecule has 1 aromatic heterocycles. The first kappa shape index (κ1) is 10.7. The monoisotopic (exact) mass is 220 g/mol. The molecule has 0 fully saturated rings. The SMILES string of the molecule is CCCN1c2nc(N)[nH]c(=O)c2C=CC1C. The number of nitrogens with one attached hydrogen (secondary N) is 1. The van der Waals surface area contributed by atoms with Gasteiger partial charge in [0.2, 0.25) is 5.95 Å². The fourth-order valence-electron chi connectivity index (χ4n) is 1.94. The van der Waals surface area contributed by atoms with E-state index in [-0.39, 0.29) is 17.5 Å². The molecule has 1 aromatic rings. The summed E-state index contributed by atoms with van der Waals surface area (Å²) in [5, 5.41) is 0. The van der Waals surface area contributed by atoms with Crippen molar-refractivity contribution in [2.24, 2.45) is 0 Å². The summed E-state index contributed by atoms with van der Waals surface area (Å²) in [4.78, 5) is 20.5. The molecule has 1 atom stereocenters. The number of hydrogen-bond acceptors (Lipinski definition) is 4. The van der Waals surface area contributed by atoms with Gasteiger partial charge in [-0.2, -0.15) is 4.98 Å². The summed E-state index contributed by atoms with van der Waals surface area (Å²) in [5.74, 6) is 0.866. The number of anilines is 2. The largest absolute Gasteiger partial charge is 0.369 e. The molecule has 5 heteroatoms. The number of nitrogens with two attached hydrogens (primary N) is 1. The van der Waals surface area contributed by atoms with E-state index < -0.39 is 0 Å². The van der Waals surface area contributed by atoms with Gasteiger partial charge in [0.25, 0.3) is 5.56 Å². The minimum atomic E-state index is -0.174. The van der Waals surface area contributed by atoms with Crippen molar-refractivity contribution in [2.45, 2.75) is 26.3 Å². The zero-order valence-corrected chi connectivity index (χ0v) is 9.53. The Kier molecular flexibility index (Phi) is 2.68. The lowest BCUT2D eigenvalue weighted by Gasteiger charge is -2.31. The summed E-state index contributed by atoms with van der Waals surface area (Å²) in [5.41, 5.74) is 5.99. The van der Waals surface area contributed by atoms with E-state index in [1.54, 1.807) is 0 Å². The van der Waals surface area contributed by atoms with Crippen molar-refractivity contribution in [3.63, 3.8) is 0 Å². The van der Waals surface area contributed by atoms with Gasteiger partial charge in [-0.05, 0) is 19.4 Å². The third-order valence-electron chi connectivity index (χ3n) is 2.72. The molecule has 0 radical (unpaired) electrons. The maximum absolute atomic E-state index is 11.7. The van der Waals surface area contributed by atoms with E-state index in [2.05, 4.69) is 28.7 Å². The van der Waals surface area contributed by atoms with Gasteiger partial charge in [-0.25, -0.2) is 0 Å². The van der Waals surface area contributed by atoms with Crippen LogP contribution in [0.2, 0.25) is 0 Å². The fraction of sp³-hybridized carbons (Fsp3) is 0.455.